The Hall–Kier alpha value is -1.46. The van der Waals surface area contributed by atoms with Gasteiger partial charge in [0.05, 0.1) is 18.1 Å². The molecule has 0 unspecified atom stereocenters. The average Bonchev–Trinajstić information content (AvgIpc) is 3.30. The number of pyridine rings is 1. The molecule has 1 aromatic heterocycles. The highest BCUT2D eigenvalue weighted by molar-refractivity contribution is 5.79. The van der Waals surface area contributed by atoms with Crippen LogP contribution in [-0.2, 0) is 16.1 Å². The summed E-state index contributed by atoms with van der Waals surface area (Å²) >= 11 is 0. The fraction of sp³-hybridized carbons (Fsp3) is 0.647. The fourth-order valence-corrected chi connectivity index (χ4v) is 3.59. The predicted octanol–water partition coefficient (Wildman–Crippen LogP) is 1.20. The first-order valence-corrected chi connectivity index (χ1v) is 8.32. The van der Waals surface area contributed by atoms with Gasteiger partial charge in [0, 0.05) is 38.6 Å². The first kappa shape index (κ1) is 14.2. The highest BCUT2D eigenvalue weighted by atomic mass is 16.5. The van der Waals surface area contributed by atoms with Crippen molar-refractivity contribution in [3.63, 3.8) is 0 Å². The molecule has 2 saturated heterocycles. The summed E-state index contributed by atoms with van der Waals surface area (Å²) in [6.07, 6.45) is 7.34. The molecule has 4 rings (SSSR count). The Morgan fingerprint density at radius 2 is 2.14 bits per heavy atom. The van der Waals surface area contributed by atoms with Crippen molar-refractivity contribution in [2.75, 3.05) is 19.6 Å². The SMILES string of the molecule is O=C(NCC1CC1)[C@@H]1C[C@H]2CN(Cc3ccncc3)C[C@H]1O2. The van der Waals surface area contributed by atoms with Crippen LogP contribution in [0.4, 0.5) is 0 Å². The molecule has 0 aromatic carbocycles. The quantitative estimate of drug-likeness (QED) is 0.888. The zero-order chi connectivity index (χ0) is 14.9. The highest BCUT2D eigenvalue weighted by Gasteiger charge is 2.44. The summed E-state index contributed by atoms with van der Waals surface area (Å²) in [5.74, 6) is 0.963. The number of rotatable bonds is 5. The second-order valence-electron chi connectivity index (χ2n) is 6.88. The van der Waals surface area contributed by atoms with Crippen molar-refractivity contribution in [2.24, 2.45) is 11.8 Å². The third-order valence-electron chi connectivity index (χ3n) is 4.99. The van der Waals surface area contributed by atoms with Crippen LogP contribution in [-0.4, -0.2) is 47.6 Å². The van der Waals surface area contributed by atoms with Crippen LogP contribution in [0.3, 0.4) is 0 Å². The van der Waals surface area contributed by atoms with E-state index in [0.29, 0.717) is 0 Å². The van der Waals surface area contributed by atoms with Gasteiger partial charge in [-0.15, -0.1) is 0 Å². The molecule has 1 saturated carbocycles. The normalized spacial score (nSPS) is 31.2. The van der Waals surface area contributed by atoms with Crippen molar-refractivity contribution in [2.45, 2.75) is 38.0 Å². The minimum Gasteiger partial charge on any atom is -0.371 e. The van der Waals surface area contributed by atoms with Gasteiger partial charge in [-0.2, -0.15) is 0 Å². The van der Waals surface area contributed by atoms with E-state index in [2.05, 4.69) is 27.3 Å². The van der Waals surface area contributed by atoms with Crippen molar-refractivity contribution in [1.29, 1.82) is 0 Å². The standard InChI is InChI=1S/C17H23N3O2/c21-17(19-8-12-1-2-12)15-7-14-10-20(11-16(15)22-14)9-13-3-5-18-6-4-13/h3-6,12,14-16H,1-2,7-11H2,(H,19,21)/t14-,15+,16+/m0/s1. The van der Waals surface area contributed by atoms with Crippen molar-refractivity contribution >= 4 is 5.91 Å². The Balaban J connectivity index is 1.34. The van der Waals surface area contributed by atoms with Crippen LogP contribution in [0.25, 0.3) is 0 Å². The molecular formula is C17H23N3O2. The van der Waals surface area contributed by atoms with Gasteiger partial charge in [0.15, 0.2) is 0 Å². The topological polar surface area (TPSA) is 54.5 Å². The number of morpholine rings is 1. The van der Waals surface area contributed by atoms with E-state index in [-0.39, 0.29) is 24.0 Å². The van der Waals surface area contributed by atoms with Gasteiger partial charge >= 0.3 is 0 Å². The van der Waals surface area contributed by atoms with Gasteiger partial charge < -0.3 is 10.1 Å². The molecule has 5 heteroatoms. The van der Waals surface area contributed by atoms with E-state index in [1.54, 1.807) is 0 Å². The molecule has 1 aliphatic carbocycles. The van der Waals surface area contributed by atoms with E-state index < -0.39 is 0 Å². The van der Waals surface area contributed by atoms with Gasteiger partial charge in [0.2, 0.25) is 5.91 Å². The highest BCUT2D eigenvalue weighted by Crippen LogP contribution is 2.33. The number of nitrogens with one attached hydrogen (secondary N) is 1. The number of carbonyl (C=O) groups excluding carboxylic acids is 1. The number of hydrogen-bond donors (Lipinski definition) is 1. The van der Waals surface area contributed by atoms with Gasteiger partial charge in [-0.25, -0.2) is 0 Å². The monoisotopic (exact) mass is 301 g/mol. The maximum absolute atomic E-state index is 12.4. The molecule has 118 valence electrons. The molecule has 3 fully saturated rings. The minimum absolute atomic E-state index is 0.0335. The Morgan fingerprint density at radius 3 is 2.91 bits per heavy atom. The van der Waals surface area contributed by atoms with Crippen LogP contribution in [0.1, 0.15) is 24.8 Å². The smallest absolute Gasteiger partial charge is 0.225 e. The first-order valence-electron chi connectivity index (χ1n) is 8.32. The van der Waals surface area contributed by atoms with Gasteiger partial charge in [0.1, 0.15) is 0 Å². The molecule has 1 amide bonds. The summed E-state index contributed by atoms with van der Waals surface area (Å²) in [6.45, 7) is 3.54. The summed E-state index contributed by atoms with van der Waals surface area (Å²) in [6, 6.07) is 4.11. The molecule has 3 atom stereocenters. The van der Waals surface area contributed by atoms with E-state index in [0.717, 1.165) is 38.5 Å². The Kier molecular flexibility index (Phi) is 3.84. The van der Waals surface area contributed by atoms with E-state index in [9.17, 15) is 4.79 Å². The molecule has 5 nitrogen and oxygen atoms in total. The molecule has 3 heterocycles. The molecule has 1 aromatic rings. The number of nitrogens with zero attached hydrogens (tertiary/aromatic N) is 2. The second-order valence-corrected chi connectivity index (χ2v) is 6.88. The zero-order valence-corrected chi connectivity index (χ0v) is 12.8. The first-order chi connectivity index (χ1) is 10.8. The van der Waals surface area contributed by atoms with Crippen molar-refractivity contribution in [3.8, 4) is 0 Å². The average molecular weight is 301 g/mol. The predicted molar refractivity (Wildman–Crippen MR) is 82.0 cm³/mol. The minimum atomic E-state index is 0.0335. The second kappa shape index (κ2) is 5.97. The maximum atomic E-state index is 12.4. The largest absolute Gasteiger partial charge is 0.371 e. The molecule has 1 N–H and O–H groups in total. The molecule has 0 radical (unpaired) electrons. The van der Waals surface area contributed by atoms with Gasteiger partial charge in [-0.05, 0) is 42.9 Å². The van der Waals surface area contributed by atoms with Gasteiger partial charge in [-0.3, -0.25) is 14.7 Å². The van der Waals surface area contributed by atoms with Crippen LogP contribution in [0.15, 0.2) is 24.5 Å². The molecular weight excluding hydrogens is 278 g/mol. The van der Waals surface area contributed by atoms with E-state index in [1.165, 1.54) is 18.4 Å². The van der Waals surface area contributed by atoms with Crippen molar-refractivity contribution in [1.82, 2.24) is 15.2 Å². The Bertz CT molecular complexity index is 532. The van der Waals surface area contributed by atoms with Gasteiger partial charge in [0.25, 0.3) is 0 Å². The third-order valence-corrected chi connectivity index (χ3v) is 4.99. The zero-order valence-electron chi connectivity index (χ0n) is 12.8. The summed E-state index contributed by atoms with van der Waals surface area (Å²) in [7, 11) is 0. The van der Waals surface area contributed by atoms with E-state index in [1.807, 2.05) is 12.4 Å². The fourth-order valence-electron chi connectivity index (χ4n) is 3.59. The molecule has 2 bridgehead atoms. The number of amides is 1. The summed E-state index contributed by atoms with van der Waals surface area (Å²) in [5, 5.41) is 3.12. The van der Waals surface area contributed by atoms with Crippen LogP contribution >= 0.6 is 0 Å². The summed E-state index contributed by atoms with van der Waals surface area (Å²) in [5.41, 5.74) is 1.27. The lowest BCUT2D eigenvalue weighted by Crippen LogP contribution is -2.45. The Labute approximate surface area is 131 Å². The van der Waals surface area contributed by atoms with Crippen molar-refractivity contribution in [3.05, 3.63) is 30.1 Å². The third kappa shape index (κ3) is 3.15. The number of fused-ring (bicyclic) bond motifs is 2. The molecule has 2 aliphatic heterocycles. The lowest BCUT2D eigenvalue weighted by atomic mass is 9.99. The van der Waals surface area contributed by atoms with E-state index >= 15 is 0 Å². The van der Waals surface area contributed by atoms with E-state index in [4.69, 9.17) is 4.74 Å². The summed E-state index contributed by atoms with van der Waals surface area (Å²) < 4.78 is 6.01. The van der Waals surface area contributed by atoms with Crippen LogP contribution in [0.5, 0.6) is 0 Å². The number of aromatic nitrogens is 1. The lowest BCUT2D eigenvalue weighted by Gasteiger charge is -2.32. The van der Waals surface area contributed by atoms with Crippen LogP contribution < -0.4 is 5.32 Å². The molecule has 22 heavy (non-hydrogen) atoms. The summed E-state index contributed by atoms with van der Waals surface area (Å²) in [4.78, 5) is 18.8. The Morgan fingerprint density at radius 1 is 1.32 bits per heavy atom. The number of carbonyl (C=O) groups is 1. The number of hydrogen-bond acceptors (Lipinski definition) is 4. The molecule has 3 aliphatic rings. The van der Waals surface area contributed by atoms with Crippen molar-refractivity contribution < 1.29 is 9.53 Å². The lowest BCUT2D eigenvalue weighted by molar-refractivity contribution is -0.128. The van der Waals surface area contributed by atoms with Gasteiger partial charge in [-0.1, -0.05) is 0 Å². The maximum Gasteiger partial charge on any atom is 0.225 e. The van der Waals surface area contributed by atoms with Crippen LogP contribution in [0, 0.1) is 11.8 Å². The number of likely N-dealkylation sites (tertiary alicyclic amines) is 1. The number of ether oxygens (including phenoxy) is 1. The van der Waals surface area contributed by atoms with Crippen LogP contribution in [0.2, 0.25) is 0 Å². The molecule has 0 spiro atoms.